The first-order valence-electron chi connectivity index (χ1n) is 7.00. The van der Waals surface area contributed by atoms with E-state index in [2.05, 4.69) is 16.7 Å². The first-order valence-corrected chi connectivity index (χ1v) is 7.00. The predicted octanol–water partition coefficient (Wildman–Crippen LogP) is 2.36. The summed E-state index contributed by atoms with van der Waals surface area (Å²) in [6, 6.07) is 4.79. The molecule has 0 radical (unpaired) electrons. The zero-order valence-electron chi connectivity index (χ0n) is 11.9. The van der Waals surface area contributed by atoms with Gasteiger partial charge < -0.3 is 9.64 Å². The number of nitrogens with zero attached hydrogens (tertiary/aromatic N) is 2. The molecular weight excluding hydrogens is 243 g/mol. The first-order chi connectivity index (χ1) is 9.22. The molecule has 1 aliphatic heterocycles. The highest BCUT2D eigenvalue weighted by Gasteiger charge is 2.17. The van der Waals surface area contributed by atoms with Gasteiger partial charge in [0.2, 0.25) is 0 Å². The highest BCUT2D eigenvalue weighted by atomic mass is 19.1. The Morgan fingerprint density at radius 3 is 2.47 bits per heavy atom. The van der Waals surface area contributed by atoms with E-state index in [9.17, 15) is 4.39 Å². The highest BCUT2D eigenvalue weighted by Crippen LogP contribution is 2.21. The summed E-state index contributed by atoms with van der Waals surface area (Å²) in [6.07, 6.45) is 1.21. The Hall–Kier alpha value is -1.13. The minimum atomic E-state index is -0.242. The van der Waals surface area contributed by atoms with Crippen LogP contribution in [0.25, 0.3) is 0 Å². The third kappa shape index (κ3) is 3.91. The summed E-state index contributed by atoms with van der Waals surface area (Å²) in [4.78, 5) is 4.90. The molecule has 0 N–H and O–H groups in total. The van der Waals surface area contributed by atoms with E-state index in [-0.39, 0.29) is 5.82 Å². The second-order valence-corrected chi connectivity index (χ2v) is 5.07. The van der Waals surface area contributed by atoms with Gasteiger partial charge in [0.15, 0.2) is 0 Å². The van der Waals surface area contributed by atoms with E-state index in [1.165, 1.54) is 25.1 Å². The van der Waals surface area contributed by atoms with Gasteiger partial charge in [0.25, 0.3) is 0 Å². The number of hydrogen-bond acceptors (Lipinski definition) is 3. The molecule has 3 nitrogen and oxygen atoms in total. The predicted molar refractivity (Wildman–Crippen MR) is 75.0 cm³/mol. The van der Waals surface area contributed by atoms with Crippen LogP contribution in [0.15, 0.2) is 18.2 Å². The van der Waals surface area contributed by atoms with Crippen LogP contribution in [0.1, 0.15) is 18.9 Å². The Labute approximate surface area is 115 Å². The fourth-order valence-corrected chi connectivity index (χ4v) is 2.58. The third-order valence-corrected chi connectivity index (χ3v) is 3.65. The molecule has 0 spiro atoms. The van der Waals surface area contributed by atoms with Crippen LogP contribution < -0.4 is 4.74 Å². The maximum atomic E-state index is 13.1. The van der Waals surface area contributed by atoms with Gasteiger partial charge in [-0.1, -0.05) is 13.0 Å². The SMILES string of the molecule is CCCN1CCN(Cc2ccc(F)cc2OC)CC1. The molecule has 0 atom stereocenters. The standard InChI is InChI=1S/C15H23FN2O/c1-3-6-17-7-9-18(10-8-17)12-13-4-5-14(16)11-15(13)19-2/h4-5,11H,3,6-10,12H2,1-2H3. The smallest absolute Gasteiger partial charge is 0.126 e. The van der Waals surface area contributed by atoms with Gasteiger partial charge >= 0.3 is 0 Å². The van der Waals surface area contributed by atoms with Gasteiger partial charge in [-0.15, -0.1) is 0 Å². The average Bonchev–Trinajstić information content (AvgIpc) is 2.43. The van der Waals surface area contributed by atoms with Gasteiger partial charge in [0.05, 0.1) is 7.11 Å². The number of methoxy groups -OCH3 is 1. The zero-order valence-corrected chi connectivity index (χ0v) is 11.9. The van der Waals surface area contributed by atoms with Crippen LogP contribution in [0.5, 0.6) is 5.75 Å². The van der Waals surface area contributed by atoms with Gasteiger partial charge in [-0.25, -0.2) is 4.39 Å². The summed E-state index contributed by atoms with van der Waals surface area (Å²) in [7, 11) is 1.59. The summed E-state index contributed by atoms with van der Waals surface area (Å²) in [5, 5.41) is 0. The molecule has 0 aliphatic carbocycles. The normalized spacial score (nSPS) is 17.6. The summed E-state index contributed by atoms with van der Waals surface area (Å²) in [6.45, 7) is 8.63. The van der Waals surface area contributed by atoms with Crippen molar-refractivity contribution in [1.82, 2.24) is 9.80 Å². The van der Waals surface area contributed by atoms with E-state index >= 15 is 0 Å². The van der Waals surface area contributed by atoms with E-state index in [0.29, 0.717) is 5.75 Å². The van der Waals surface area contributed by atoms with Crippen LogP contribution in [0, 0.1) is 5.82 Å². The Bertz CT molecular complexity index is 403. The molecule has 1 saturated heterocycles. The van der Waals surface area contributed by atoms with Crippen molar-refractivity contribution in [3.05, 3.63) is 29.6 Å². The van der Waals surface area contributed by atoms with Crippen molar-refractivity contribution < 1.29 is 9.13 Å². The van der Waals surface area contributed by atoms with Gasteiger partial charge in [-0.2, -0.15) is 0 Å². The Morgan fingerprint density at radius 1 is 1.16 bits per heavy atom. The number of ether oxygens (including phenoxy) is 1. The number of piperazine rings is 1. The van der Waals surface area contributed by atoms with Crippen molar-refractivity contribution in [2.24, 2.45) is 0 Å². The number of hydrogen-bond donors (Lipinski definition) is 0. The minimum Gasteiger partial charge on any atom is -0.496 e. The largest absolute Gasteiger partial charge is 0.496 e. The summed E-state index contributed by atoms with van der Waals surface area (Å²) in [5.41, 5.74) is 1.06. The Morgan fingerprint density at radius 2 is 1.84 bits per heavy atom. The van der Waals surface area contributed by atoms with Crippen molar-refractivity contribution in [3.63, 3.8) is 0 Å². The van der Waals surface area contributed by atoms with E-state index in [0.717, 1.165) is 38.3 Å². The summed E-state index contributed by atoms with van der Waals surface area (Å²) < 4.78 is 18.4. The minimum absolute atomic E-state index is 0.242. The third-order valence-electron chi connectivity index (χ3n) is 3.65. The molecule has 0 saturated carbocycles. The molecule has 1 aromatic rings. The number of halogens is 1. The van der Waals surface area contributed by atoms with Gasteiger partial charge in [-0.3, -0.25) is 4.90 Å². The number of benzene rings is 1. The average molecular weight is 266 g/mol. The molecule has 0 amide bonds. The molecule has 1 fully saturated rings. The molecule has 0 unspecified atom stereocenters. The second-order valence-electron chi connectivity index (χ2n) is 5.07. The fourth-order valence-electron chi connectivity index (χ4n) is 2.58. The maximum absolute atomic E-state index is 13.1. The lowest BCUT2D eigenvalue weighted by atomic mass is 10.1. The molecule has 0 bridgehead atoms. The van der Waals surface area contributed by atoms with Crippen LogP contribution in [0.4, 0.5) is 4.39 Å². The Kier molecular flexibility index (Phi) is 5.16. The molecule has 2 rings (SSSR count). The monoisotopic (exact) mass is 266 g/mol. The van der Waals surface area contributed by atoms with Gasteiger partial charge in [-0.05, 0) is 19.0 Å². The van der Waals surface area contributed by atoms with Crippen molar-refractivity contribution >= 4 is 0 Å². The second kappa shape index (κ2) is 6.87. The summed E-state index contributed by atoms with van der Waals surface area (Å²) in [5.74, 6) is 0.407. The lowest BCUT2D eigenvalue weighted by Crippen LogP contribution is -2.46. The molecule has 106 valence electrons. The first kappa shape index (κ1) is 14.3. The fraction of sp³-hybridized carbons (Fsp3) is 0.600. The van der Waals surface area contributed by atoms with E-state index in [4.69, 9.17) is 4.74 Å². The maximum Gasteiger partial charge on any atom is 0.126 e. The van der Waals surface area contributed by atoms with E-state index in [1.54, 1.807) is 7.11 Å². The highest BCUT2D eigenvalue weighted by molar-refractivity contribution is 5.33. The molecule has 1 aliphatic rings. The number of rotatable bonds is 5. The molecule has 19 heavy (non-hydrogen) atoms. The van der Waals surface area contributed by atoms with E-state index in [1.807, 2.05) is 6.07 Å². The van der Waals surface area contributed by atoms with Crippen LogP contribution in [0.3, 0.4) is 0 Å². The van der Waals surface area contributed by atoms with Crippen LogP contribution in [-0.2, 0) is 6.54 Å². The van der Waals surface area contributed by atoms with E-state index < -0.39 is 0 Å². The molecule has 4 heteroatoms. The lowest BCUT2D eigenvalue weighted by molar-refractivity contribution is 0.126. The van der Waals surface area contributed by atoms with Crippen molar-refractivity contribution in [1.29, 1.82) is 0 Å². The van der Waals surface area contributed by atoms with Gasteiger partial charge in [0.1, 0.15) is 11.6 Å². The molecule has 1 aromatic carbocycles. The zero-order chi connectivity index (χ0) is 13.7. The van der Waals surface area contributed by atoms with Gasteiger partial charge in [0, 0.05) is 44.4 Å². The molecular formula is C15H23FN2O. The van der Waals surface area contributed by atoms with Crippen LogP contribution in [-0.4, -0.2) is 49.6 Å². The van der Waals surface area contributed by atoms with Crippen molar-refractivity contribution in [2.75, 3.05) is 39.8 Å². The van der Waals surface area contributed by atoms with Crippen LogP contribution in [0.2, 0.25) is 0 Å². The Balaban J connectivity index is 1.92. The lowest BCUT2D eigenvalue weighted by Gasteiger charge is -2.34. The quantitative estimate of drug-likeness (QED) is 0.813. The van der Waals surface area contributed by atoms with Crippen molar-refractivity contribution in [2.45, 2.75) is 19.9 Å². The topological polar surface area (TPSA) is 15.7 Å². The molecule has 1 heterocycles. The summed E-state index contributed by atoms with van der Waals surface area (Å²) >= 11 is 0. The van der Waals surface area contributed by atoms with Crippen LogP contribution >= 0.6 is 0 Å². The van der Waals surface area contributed by atoms with Crippen molar-refractivity contribution in [3.8, 4) is 5.75 Å². The molecule has 0 aromatic heterocycles.